The minimum absolute atomic E-state index is 0.00742. The van der Waals surface area contributed by atoms with E-state index >= 15 is 0 Å². The first-order valence-corrected chi connectivity index (χ1v) is 18.2. The summed E-state index contributed by atoms with van der Waals surface area (Å²) in [5.41, 5.74) is 6.01. The Morgan fingerprint density at radius 2 is 1.44 bits per heavy atom. The Morgan fingerprint density at radius 1 is 0.792 bits per heavy atom. The standard InChI is InChI=1S/C41H56F3NO3/c1-3-4-5-6-7-8-9-10-11-12-13-15-19-33-24-27-39(45-31-33)38-30-36(25-26-37(38)35-20-16-14-17-21-35)34(22-18-23-40(46)47)28-29-48-32(2)41(42,43)44/h14,16-17,20-21,24-27,30-32,34H,3-13,15,18-19,22-23,28-29H2,1-2H3,(H,46,47). The van der Waals surface area contributed by atoms with Gasteiger partial charge in [0.15, 0.2) is 6.10 Å². The van der Waals surface area contributed by atoms with Crippen molar-refractivity contribution in [2.24, 2.45) is 0 Å². The van der Waals surface area contributed by atoms with E-state index in [4.69, 9.17) is 9.72 Å². The average molecular weight is 668 g/mol. The van der Waals surface area contributed by atoms with Gasteiger partial charge in [-0.3, -0.25) is 9.78 Å². The lowest BCUT2D eigenvalue weighted by atomic mass is 9.86. The number of hydrogen-bond donors (Lipinski definition) is 1. The minimum atomic E-state index is -4.42. The average Bonchev–Trinajstić information content (AvgIpc) is 3.08. The zero-order valence-electron chi connectivity index (χ0n) is 29.1. The van der Waals surface area contributed by atoms with Gasteiger partial charge in [-0.15, -0.1) is 0 Å². The quantitative estimate of drug-likeness (QED) is 0.0966. The van der Waals surface area contributed by atoms with Crippen LogP contribution in [0.4, 0.5) is 13.2 Å². The normalized spacial score (nSPS) is 13.0. The summed E-state index contributed by atoms with van der Waals surface area (Å²) in [6.07, 6.45) is 13.9. The Hall–Kier alpha value is -3.19. The van der Waals surface area contributed by atoms with E-state index in [2.05, 4.69) is 37.3 Å². The van der Waals surface area contributed by atoms with E-state index in [0.29, 0.717) is 19.3 Å². The highest BCUT2D eigenvalue weighted by Gasteiger charge is 2.36. The van der Waals surface area contributed by atoms with Gasteiger partial charge in [0.1, 0.15) is 0 Å². The molecule has 1 aromatic heterocycles. The molecule has 3 aromatic rings. The second kappa shape index (κ2) is 21.7. The number of carboxylic acids is 1. The van der Waals surface area contributed by atoms with Crippen LogP contribution in [-0.4, -0.2) is 34.9 Å². The highest BCUT2D eigenvalue weighted by Crippen LogP contribution is 2.36. The number of carbonyl (C=O) groups is 1. The number of aliphatic carboxylic acids is 1. The fourth-order valence-corrected chi connectivity index (χ4v) is 6.26. The first-order chi connectivity index (χ1) is 23.2. The van der Waals surface area contributed by atoms with Gasteiger partial charge < -0.3 is 9.84 Å². The molecule has 0 fully saturated rings. The Morgan fingerprint density at radius 3 is 2.02 bits per heavy atom. The Kier molecular flexibility index (Phi) is 17.8. The van der Waals surface area contributed by atoms with Crippen molar-refractivity contribution in [3.63, 3.8) is 0 Å². The van der Waals surface area contributed by atoms with Gasteiger partial charge in [0.05, 0.1) is 5.69 Å². The van der Waals surface area contributed by atoms with Crippen molar-refractivity contribution in [3.05, 3.63) is 78.0 Å². The van der Waals surface area contributed by atoms with E-state index < -0.39 is 18.2 Å². The fourth-order valence-electron chi connectivity index (χ4n) is 6.26. The van der Waals surface area contributed by atoms with Crippen molar-refractivity contribution in [3.8, 4) is 22.4 Å². The van der Waals surface area contributed by atoms with Crippen LogP contribution >= 0.6 is 0 Å². The number of unbranched alkanes of at least 4 members (excludes halogenated alkanes) is 11. The van der Waals surface area contributed by atoms with E-state index in [0.717, 1.165) is 47.7 Å². The molecular weight excluding hydrogens is 611 g/mol. The molecule has 0 aliphatic carbocycles. The van der Waals surface area contributed by atoms with Crippen LogP contribution < -0.4 is 0 Å². The maximum absolute atomic E-state index is 13.1. The first-order valence-electron chi connectivity index (χ1n) is 18.2. The zero-order chi connectivity index (χ0) is 34.6. The number of nitrogens with zero attached hydrogens (tertiary/aromatic N) is 1. The number of hydrogen-bond acceptors (Lipinski definition) is 3. The lowest BCUT2D eigenvalue weighted by molar-refractivity contribution is -0.214. The Bertz CT molecular complexity index is 1310. The van der Waals surface area contributed by atoms with Crippen LogP contribution in [0.5, 0.6) is 0 Å². The summed E-state index contributed by atoms with van der Waals surface area (Å²) in [6.45, 7) is 3.21. The van der Waals surface area contributed by atoms with Crippen LogP contribution in [-0.2, 0) is 16.0 Å². The summed E-state index contributed by atoms with van der Waals surface area (Å²) in [7, 11) is 0. The molecule has 2 atom stereocenters. The van der Waals surface area contributed by atoms with Crippen molar-refractivity contribution in [1.29, 1.82) is 0 Å². The number of benzene rings is 2. The number of alkyl halides is 3. The maximum Gasteiger partial charge on any atom is 0.414 e. The molecule has 0 aliphatic rings. The van der Waals surface area contributed by atoms with Gasteiger partial charge in [-0.25, -0.2) is 0 Å². The van der Waals surface area contributed by atoms with Gasteiger partial charge in [-0.1, -0.05) is 126 Å². The van der Waals surface area contributed by atoms with E-state index in [-0.39, 0.29) is 18.9 Å². The molecule has 0 aliphatic heterocycles. The van der Waals surface area contributed by atoms with Crippen molar-refractivity contribution in [1.82, 2.24) is 4.98 Å². The Balaban J connectivity index is 1.66. The van der Waals surface area contributed by atoms with Crippen LogP contribution in [0.2, 0.25) is 0 Å². The summed E-state index contributed by atoms with van der Waals surface area (Å²) in [6, 6.07) is 20.4. The molecule has 48 heavy (non-hydrogen) atoms. The number of carboxylic acid groups (broad SMARTS) is 1. The lowest BCUT2D eigenvalue weighted by Gasteiger charge is -2.22. The van der Waals surface area contributed by atoms with Gasteiger partial charge in [0.25, 0.3) is 0 Å². The van der Waals surface area contributed by atoms with Crippen molar-refractivity contribution >= 4 is 5.97 Å². The number of halogens is 3. The number of ether oxygens (including phenoxy) is 1. The summed E-state index contributed by atoms with van der Waals surface area (Å²) in [4.78, 5) is 16.1. The van der Waals surface area contributed by atoms with E-state index in [1.807, 2.05) is 36.5 Å². The monoisotopic (exact) mass is 667 g/mol. The topological polar surface area (TPSA) is 59.4 Å². The molecule has 0 amide bonds. The van der Waals surface area contributed by atoms with E-state index in [1.54, 1.807) is 0 Å². The molecular formula is C41H56F3NO3. The SMILES string of the molecule is CCCCCCCCCCCCCCc1ccc(-c2cc(C(CCCC(=O)O)CCOC(C)C(F)(F)F)ccc2-c2ccccc2)nc1. The van der Waals surface area contributed by atoms with Crippen molar-refractivity contribution in [2.75, 3.05) is 6.61 Å². The van der Waals surface area contributed by atoms with Crippen LogP contribution in [0.25, 0.3) is 22.4 Å². The summed E-state index contributed by atoms with van der Waals surface area (Å²) in [5.74, 6) is -1.04. The maximum atomic E-state index is 13.1. The smallest absolute Gasteiger partial charge is 0.414 e. The molecule has 0 bridgehead atoms. The molecule has 0 saturated carbocycles. The predicted octanol–water partition coefficient (Wildman–Crippen LogP) is 12.4. The second-order valence-corrected chi connectivity index (χ2v) is 13.2. The highest BCUT2D eigenvalue weighted by atomic mass is 19.4. The molecule has 3 rings (SSSR count). The molecule has 0 radical (unpaired) electrons. The summed E-state index contributed by atoms with van der Waals surface area (Å²) in [5, 5.41) is 9.20. The molecule has 0 spiro atoms. The summed E-state index contributed by atoms with van der Waals surface area (Å²) < 4.78 is 44.3. The number of aromatic nitrogens is 1. The fraction of sp³-hybridized carbons (Fsp3) is 0.561. The van der Waals surface area contributed by atoms with Crippen LogP contribution in [0.1, 0.15) is 134 Å². The third kappa shape index (κ3) is 14.5. The zero-order valence-corrected chi connectivity index (χ0v) is 29.1. The third-order valence-electron chi connectivity index (χ3n) is 9.26. The molecule has 2 aromatic carbocycles. The number of aryl methyl sites for hydroxylation is 1. The molecule has 264 valence electrons. The molecule has 2 unspecified atom stereocenters. The highest BCUT2D eigenvalue weighted by molar-refractivity contribution is 5.82. The van der Waals surface area contributed by atoms with E-state index in [1.165, 1.54) is 76.2 Å². The van der Waals surface area contributed by atoms with Gasteiger partial charge in [-0.2, -0.15) is 13.2 Å². The molecule has 7 heteroatoms. The van der Waals surface area contributed by atoms with Gasteiger partial charge in [0, 0.05) is 24.8 Å². The van der Waals surface area contributed by atoms with Crippen LogP contribution in [0.15, 0.2) is 66.9 Å². The van der Waals surface area contributed by atoms with Crippen molar-refractivity contribution < 1.29 is 27.8 Å². The predicted molar refractivity (Wildman–Crippen MR) is 190 cm³/mol. The third-order valence-corrected chi connectivity index (χ3v) is 9.26. The largest absolute Gasteiger partial charge is 0.481 e. The molecule has 4 nitrogen and oxygen atoms in total. The lowest BCUT2D eigenvalue weighted by Crippen LogP contribution is -2.29. The van der Waals surface area contributed by atoms with E-state index in [9.17, 15) is 23.1 Å². The summed E-state index contributed by atoms with van der Waals surface area (Å²) >= 11 is 0. The minimum Gasteiger partial charge on any atom is -0.481 e. The van der Waals surface area contributed by atoms with Gasteiger partial charge in [0.2, 0.25) is 0 Å². The van der Waals surface area contributed by atoms with Gasteiger partial charge >= 0.3 is 12.1 Å². The molecule has 1 heterocycles. The van der Waals surface area contributed by atoms with Gasteiger partial charge in [-0.05, 0) is 79.3 Å². The second-order valence-electron chi connectivity index (χ2n) is 13.2. The van der Waals surface area contributed by atoms with Crippen LogP contribution in [0, 0.1) is 0 Å². The number of pyridine rings is 1. The first kappa shape index (κ1) is 39.3. The molecule has 1 N–H and O–H groups in total. The Labute approximate surface area is 286 Å². The van der Waals surface area contributed by atoms with Crippen LogP contribution in [0.3, 0.4) is 0 Å². The number of rotatable bonds is 24. The van der Waals surface area contributed by atoms with Crippen molar-refractivity contribution in [2.45, 2.75) is 141 Å². The molecule has 0 saturated heterocycles.